The summed E-state index contributed by atoms with van der Waals surface area (Å²) in [6.07, 6.45) is -6.64. The van der Waals surface area contributed by atoms with Crippen molar-refractivity contribution in [3.8, 4) is 0 Å². The molecule has 0 aromatic carbocycles. The minimum Gasteiger partial charge on any atom is -0.379 e. The molecule has 2 aromatic rings. The summed E-state index contributed by atoms with van der Waals surface area (Å²) in [5, 5.41) is 7.68. The third-order valence-corrected chi connectivity index (χ3v) is 7.24. The number of amides is 2. The molecule has 5 rings (SSSR count). The fourth-order valence-corrected chi connectivity index (χ4v) is 5.14. The fourth-order valence-electron chi connectivity index (χ4n) is 5.14. The predicted octanol–water partition coefficient (Wildman–Crippen LogP) is 2.64. The van der Waals surface area contributed by atoms with E-state index in [9.17, 15) is 40.7 Å². The van der Waals surface area contributed by atoms with E-state index in [0.29, 0.717) is 12.8 Å². The molecule has 2 fully saturated rings. The predicted molar refractivity (Wildman–Crippen MR) is 136 cm³/mol. The lowest BCUT2D eigenvalue weighted by Gasteiger charge is -2.47. The topological polar surface area (TPSA) is 124 Å². The van der Waals surface area contributed by atoms with Crippen LogP contribution >= 0.6 is 0 Å². The van der Waals surface area contributed by atoms with Gasteiger partial charge in [-0.25, -0.2) is 10.1 Å². The number of carbonyl (C=O) groups excluding carboxylic acids is 2. The first-order chi connectivity index (χ1) is 19.8. The van der Waals surface area contributed by atoms with Crippen molar-refractivity contribution in [2.24, 2.45) is 0 Å². The number of ether oxygens (including phenoxy) is 1. The summed E-state index contributed by atoms with van der Waals surface area (Å²) >= 11 is 0. The quantitative estimate of drug-likeness (QED) is 0.349. The van der Waals surface area contributed by atoms with Gasteiger partial charge in [-0.05, 0) is 25.8 Å². The standard InChI is InChI=1S/C25H27F6N7O4/c1-13(34-16-10-33-35-22(40)20(16)25(29,30)31)12-42-7-4-19(39)36-5-6-37-18(11-36)23(41)38(15-2-3-15)17-8-14(24(26,27)28)9-32-21(17)37/h8-10,13,15,18H,2-7,11-12H2,1H3,(H2,34,35,40)/t13-,18-/m0/s1. The highest BCUT2D eigenvalue weighted by Crippen LogP contribution is 2.44. The van der Waals surface area contributed by atoms with Crippen LogP contribution in [0.1, 0.15) is 37.3 Å². The first-order valence-electron chi connectivity index (χ1n) is 13.2. The first kappa shape index (κ1) is 29.6. The number of rotatable bonds is 8. The molecule has 2 amide bonds. The second kappa shape index (κ2) is 11.1. The normalized spacial score (nSPS) is 19.8. The lowest BCUT2D eigenvalue weighted by Crippen LogP contribution is -2.64. The van der Waals surface area contributed by atoms with Crippen LogP contribution in [0.25, 0.3) is 0 Å². The number of aromatic amines is 1. The molecule has 0 radical (unpaired) electrons. The summed E-state index contributed by atoms with van der Waals surface area (Å²) in [5.74, 6) is -0.418. The molecule has 4 heterocycles. The largest absolute Gasteiger partial charge is 0.423 e. The molecule has 1 saturated heterocycles. The summed E-state index contributed by atoms with van der Waals surface area (Å²) in [4.78, 5) is 46.5. The van der Waals surface area contributed by atoms with E-state index in [0.717, 1.165) is 18.5 Å². The molecule has 42 heavy (non-hydrogen) atoms. The molecular formula is C25H27F6N7O4. The molecular weight excluding hydrogens is 576 g/mol. The second-order valence-electron chi connectivity index (χ2n) is 10.4. The van der Waals surface area contributed by atoms with Gasteiger partial charge in [-0.15, -0.1) is 0 Å². The van der Waals surface area contributed by atoms with Crippen LogP contribution in [-0.2, 0) is 26.7 Å². The van der Waals surface area contributed by atoms with E-state index < -0.39 is 46.8 Å². The van der Waals surface area contributed by atoms with Crippen molar-refractivity contribution >= 4 is 29.0 Å². The number of nitrogens with one attached hydrogen (secondary N) is 2. The molecule has 2 atom stereocenters. The van der Waals surface area contributed by atoms with Gasteiger partial charge in [0.05, 0.1) is 49.3 Å². The molecule has 1 saturated carbocycles. The van der Waals surface area contributed by atoms with Crippen molar-refractivity contribution in [3.63, 3.8) is 0 Å². The number of hydrogen-bond acceptors (Lipinski definition) is 8. The number of piperazine rings is 1. The number of hydrogen-bond donors (Lipinski definition) is 2. The third kappa shape index (κ3) is 6.00. The number of anilines is 3. The van der Waals surface area contributed by atoms with Crippen molar-refractivity contribution in [1.82, 2.24) is 20.1 Å². The molecule has 3 aliphatic rings. The summed E-state index contributed by atoms with van der Waals surface area (Å²) in [6.45, 7) is 1.83. The average molecular weight is 604 g/mol. The minimum atomic E-state index is -4.89. The van der Waals surface area contributed by atoms with Crippen LogP contribution in [-0.4, -0.2) is 82.9 Å². The summed E-state index contributed by atoms with van der Waals surface area (Å²) in [7, 11) is 0. The van der Waals surface area contributed by atoms with E-state index >= 15 is 0 Å². The number of fused-ring (bicyclic) bond motifs is 3. The van der Waals surface area contributed by atoms with Gasteiger partial charge in [-0.3, -0.25) is 14.4 Å². The van der Waals surface area contributed by atoms with Crippen molar-refractivity contribution in [1.29, 1.82) is 0 Å². The van der Waals surface area contributed by atoms with Gasteiger partial charge < -0.3 is 24.8 Å². The van der Waals surface area contributed by atoms with Gasteiger partial charge in [-0.2, -0.15) is 31.4 Å². The zero-order valence-electron chi connectivity index (χ0n) is 22.3. The fraction of sp³-hybridized carbons (Fsp3) is 0.560. The van der Waals surface area contributed by atoms with Crippen molar-refractivity contribution in [2.75, 3.05) is 48.0 Å². The third-order valence-electron chi connectivity index (χ3n) is 7.24. The highest BCUT2D eigenvalue weighted by molar-refractivity contribution is 6.06. The van der Waals surface area contributed by atoms with E-state index in [1.807, 2.05) is 0 Å². The van der Waals surface area contributed by atoms with Crippen molar-refractivity contribution < 1.29 is 40.7 Å². The summed E-state index contributed by atoms with van der Waals surface area (Å²) in [5.41, 5.74) is -4.10. The Hall–Kier alpha value is -3.89. The van der Waals surface area contributed by atoms with Gasteiger partial charge >= 0.3 is 12.4 Å². The maximum Gasteiger partial charge on any atom is 0.423 e. The summed E-state index contributed by atoms with van der Waals surface area (Å²) in [6, 6.07) is -0.714. The molecule has 2 N–H and O–H groups in total. The van der Waals surface area contributed by atoms with Crippen molar-refractivity contribution in [2.45, 2.75) is 56.7 Å². The van der Waals surface area contributed by atoms with Gasteiger partial charge in [0.15, 0.2) is 5.82 Å². The Labute approximate surface area is 234 Å². The Morgan fingerprint density at radius 2 is 1.88 bits per heavy atom. The molecule has 11 nitrogen and oxygen atoms in total. The molecule has 1 aliphatic carbocycles. The Kier molecular flexibility index (Phi) is 7.80. The number of carbonyl (C=O) groups is 2. The number of aromatic nitrogens is 3. The number of nitrogens with zero attached hydrogens (tertiary/aromatic N) is 5. The van der Waals surface area contributed by atoms with E-state index in [2.05, 4.69) is 15.4 Å². The van der Waals surface area contributed by atoms with Crippen LogP contribution < -0.4 is 20.7 Å². The van der Waals surface area contributed by atoms with Gasteiger partial charge in [0.1, 0.15) is 11.6 Å². The molecule has 2 aliphatic heterocycles. The molecule has 0 spiro atoms. The molecule has 0 bridgehead atoms. The van der Waals surface area contributed by atoms with Crippen LogP contribution in [0.4, 0.5) is 43.5 Å². The second-order valence-corrected chi connectivity index (χ2v) is 10.4. The highest BCUT2D eigenvalue weighted by Gasteiger charge is 2.48. The van der Waals surface area contributed by atoms with E-state index in [1.165, 1.54) is 16.7 Å². The lowest BCUT2D eigenvalue weighted by atomic mass is 10.0. The first-order valence-corrected chi connectivity index (χ1v) is 13.2. The average Bonchev–Trinajstić information content (AvgIpc) is 3.74. The van der Waals surface area contributed by atoms with Crippen LogP contribution in [0.15, 0.2) is 23.3 Å². The van der Waals surface area contributed by atoms with Gasteiger partial charge in [0.25, 0.3) is 11.5 Å². The van der Waals surface area contributed by atoms with Crippen molar-refractivity contribution in [3.05, 3.63) is 39.9 Å². The molecule has 2 aromatic heterocycles. The Morgan fingerprint density at radius 1 is 1.14 bits per heavy atom. The SMILES string of the molecule is C[C@@H](COCCC(=O)N1CCN2c3ncc(C(F)(F)F)cc3N(C3CC3)C(=O)[C@@H]2C1)Nc1cn[nH]c(=O)c1C(F)(F)F. The van der Waals surface area contributed by atoms with E-state index in [4.69, 9.17) is 4.74 Å². The van der Waals surface area contributed by atoms with Crippen LogP contribution in [0, 0.1) is 0 Å². The van der Waals surface area contributed by atoms with Crippen LogP contribution in [0.2, 0.25) is 0 Å². The van der Waals surface area contributed by atoms with E-state index in [-0.39, 0.29) is 68.6 Å². The number of pyridine rings is 1. The Morgan fingerprint density at radius 3 is 2.55 bits per heavy atom. The number of H-pyrrole nitrogens is 1. The molecule has 17 heteroatoms. The Balaban J connectivity index is 1.17. The maximum absolute atomic E-state index is 13.4. The monoisotopic (exact) mass is 603 g/mol. The van der Waals surface area contributed by atoms with Gasteiger partial charge in [-0.1, -0.05) is 0 Å². The zero-order chi connectivity index (χ0) is 30.4. The Bertz CT molecular complexity index is 1410. The van der Waals surface area contributed by atoms with Gasteiger partial charge in [0, 0.05) is 31.4 Å². The highest BCUT2D eigenvalue weighted by atomic mass is 19.4. The zero-order valence-corrected chi connectivity index (χ0v) is 22.3. The minimum absolute atomic E-state index is 0.0246. The smallest absolute Gasteiger partial charge is 0.379 e. The lowest BCUT2D eigenvalue weighted by molar-refractivity contribution is -0.138. The number of halogens is 6. The summed E-state index contributed by atoms with van der Waals surface area (Å²) < 4.78 is 85.2. The van der Waals surface area contributed by atoms with Gasteiger partial charge in [0.2, 0.25) is 5.91 Å². The van der Waals surface area contributed by atoms with Crippen LogP contribution in [0.5, 0.6) is 0 Å². The molecule has 0 unspecified atom stereocenters. The maximum atomic E-state index is 13.4. The molecule has 228 valence electrons. The van der Waals surface area contributed by atoms with E-state index in [1.54, 1.807) is 10.00 Å². The number of alkyl halides is 6. The van der Waals surface area contributed by atoms with Crippen LogP contribution in [0.3, 0.4) is 0 Å².